The number of rotatable bonds is 5. The van der Waals surface area contributed by atoms with Crippen molar-refractivity contribution in [3.63, 3.8) is 0 Å². The van der Waals surface area contributed by atoms with Gasteiger partial charge in [-0.2, -0.15) is 0 Å². The number of hydrogen-bond acceptors (Lipinski definition) is 5. The van der Waals surface area contributed by atoms with E-state index >= 15 is 0 Å². The highest BCUT2D eigenvalue weighted by molar-refractivity contribution is 5.98. The number of aryl methyl sites for hydroxylation is 1. The van der Waals surface area contributed by atoms with Gasteiger partial charge in [0.15, 0.2) is 6.61 Å². The Labute approximate surface area is 158 Å². The summed E-state index contributed by atoms with van der Waals surface area (Å²) in [5.74, 6) is 0.119. The maximum absolute atomic E-state index is 12.8. The Morgan fingerprint density at radius 2 is 1.74 bits per heavy atom. The van der Waals surface area contributed by atoms with Crippen LogP contribution in [0, 0.1) is 0 Å². The van der Waals surface area contributed by atoms with E-state index in [1.165, 1.54) is 14.2 Å². The molecular formula is C21H23NO5. The molecule has 1 atom stereocenters. The zero-order chi connectivity index (χ0) is 19.4. The van der Waals surface area contributed by atoms with Gasteiger partial charge in [0.2, 0.25) is 0 Å². The van der Waals surface area contributed by atoms with Crippen molar-refractivity contribution >= 4 is 17.6 Å². The minimum atomic E-state index is -0.599. The fourth-order valence-corrected chi connectivity index (χ4v) is 3.27. The fraction of sp³-hybridized carbons (Fsp3) is 0.333. The molecule has 0 bridgehead atoms. The van der Waals surface area contributed by atoms with Crippen molar-refractivity contribution in [1.29, 1.82) is 0 Å². The largest absolute Gasteiger partial charge is 0.497 e. The van der Waals surface area contributed by atoms with Gasteiger partial charge in [-0.1, -0.05) is 18.2 Å². The molecule has 0 N–H and O–H groups in total. The number of fused-ring (bicyclic) bond motifs is 1. The Hall–Kier alpha value is -3.02. The summed E-state index contributed by atoms with van der Waals surface area (Å²) in [6.07, 6.45) is 1.81. The van der Waals surface area contributed by atoms with E-state index in [4.69, 9.17) is 14.2 Å². The number of nitrogens with zero attached hydrogens (tertiary/aromatic N) is 1. The first-order valence-electron chi connectivity index (χ1n) is 8.83. The van der Waals surface area contributed by atoms with Crippen LogP contribution >= 0.6 is 0 Å². The zero-order valence-electron chi connectivity index (χ0n) is 15.7. The lowest BCUT2D eigenvalue weighted by atomic mass is 9.96. The van der Waals surface area contributed by atoms with E-state index < -0.39 is 5.97 Å². The zero-order valence-corrected chi connectivity index (χ0v) is 15.7. The second kappa shape index (κ2) is 8.12. The second-order valence-corrected chi connectivity index (χ2v) is 6.46. The van der Waals surface area contributed by atoms with E-state index in [2.05, 4.69) is 0 Å². The maximum atomic E-state index is 12.8. The molecule has 1 aliphatic heterocycles. The molecule has 1 unspecified atom stereocenters. The van der Waals surface area contributed by atoms with Gasteiger partial charge in [-0.05, 0) is 43.5 Å². The van der Waals surface area contributed by atoms with Crippen LogP contribution in [-0.2, 0) is 16.0 Å². The van der Waals surface area contributed by atoms with Gasteiger partial charge in [0, 0.05) is 17.8 Å². The number of hydrogen-bond donors (Lipinski definition) is 0. The van der Waals surface area contributed by atoms with Gasteiger partial charge in [0.1, 0.15) is 11.5 Å². The fourth-order valence-electron chi connectivity index (χ4n) is 3.27. The first-order chi connectivity index (χ1) is 13.0. The van der Waals surface area contributed by atoms with E-state index in [-0.39, 0.29) is 24.1 Å². The van der Waals surface area contributed by atoms with E-state index in [1.807, 2.05) is 31.2 Å². The molecule has 2 aromatic carbocycles. The van der Waals surface area contributed by atoms with Gasteiger partial charge in [0.05, 0.1) is 19.8 Å². The van der Waals surface area contributed by atoms with Crippen molar-refractivity contribution in [1.82, 2.24) is 0 Å². The summed E-state index contributed by atoms with van der Waals surface area (Å²) in [7, 11) is 3.01. The van der Waals surface area contributed by atoms with E-state index in [9.17, 15) is 9.59 Å². The van der Waals surface area contributed by atoms with Crippen LogP contribution in [0.2, 0.25) is 0 Å². The molecule has 1 aliphatic rings. The third kappa shape index (κ3) is 4.05. The second-order valence-electron chi connectivity index (χ2n) is 6.46. The Morgan fingerprint density at radius 3 is 2.41 bits per heavy atom. The van der Waals surface area contributed by atoms with Crippen LogP contribution in [0.3, 0.4) is 0 Å². The number of carbonyl (C=O) groups excluding carboxylic acids is 2. The normalized spacial score (nSPS) is 15.7. The van der Waals surface area contributed by atoms with Crippen molar-refractivity contribution in [2.45, 2.75) is 25.8 Å². The molecule has 6 heteroatoms. The minimum absolute atomic E-state index is 0.0583. The molecular weight excluding hydrogens is 346 g/mol. The number of para-hydroxylation sites is 1. The van der Waals surface area contributed by atoms with Gasteiger partial charge < -0.3 is 19.1 Å². The van der Waals surface area contributed by atoms with Crippen LogP contribution in [0.25, 0.3) is 0 Å². The number of methoxy groups -OCH3 is 2. The number of amides is 1. The minimum Gasteiger partial charge on any atom is -0.497 e. The Bertz CT molecular complexity index is 826. The Morgan fingerprint density at radius 1 is 1.07 bits per heavy atom. The summed E-state index contributed by atoms with van der Waals surface area (Å²) in [5, 5.41) is 0. The van der Waals surface area contributed by atoms with Crippen LogP contribution in [0.1, 0.15) is 29.3 Å². The highest BCUT2D eigenvalue weighted by Crippen LogP contribution is 2.30. The molecule has 0 aromatic heterocycles. The summed E-state index contributed by atoms with van der Waals surface area (Å²) in [6.45, 7) is 1.68. The van der Waals surface area contributed by atoms with Gasteiger partial charge in [0.25, 0.3) is 5.91 Å². The first kappa shape index (κ1) is 18.8. The van der Waals surface area contributed by atoms with Gasteiger partial charge >= 0.3 is 5.97 Å². The third-order valence-corrected chi connectivity index (χ3v) is 4.71. The molecule has 142 valence electrons. The number of esters is 1. The third-order valence-electron chi connectivity index (χ3n) is 4.71. The van der Waals surface area contributed by atoms with Gasteiger partial charge in [-0.25, -0.2) is 4.79 Å². The quantitative estimate of drug-likeness (QED) is 0.757. The molecule has 1 heterocycles. The topological polar surface area (TPSA) is 65.1 Å². The number of anilines is 1. The summed E-state index contributed by atoms with van der Waals surface area (Å²) in [5.41, 5.74) is 2.29. The molecule has 1 amide bonds. The molecule has 0 spiro atoms. The molecule has 2 aromatic rings. The molecule has 6 nitrogen and oxygen atoms in total. The van der Waals surface area contributed by atoms with Crippen molar-refractivity contribution in [2.75, 3.05) is 25.7 Å². The summed E-state index contributed by atoms with van der Waals surface area (Å²) in [6, 6.07) is 12.6. The highest BCUT2D eigenvalue weighted by Gasteiger charge is 2.28. The first-order valence-corrected chi connectivity index (χ1v) is 8.83. The average Bonchev–Trinajstić information content (AvgIpc) is 2.71. The number of ether oxygens (including phenoxy) is 3. The van der Waals surface area contributed by atoms with Crippen LogP contribution < -0.4 is 14.4 Å². The van der Waals surface area contributed by atoms with Crippen LogP contribution in [0.15, 0.2) is 42.5 Å². The molecule has 0 saturated carbocycles. The van der Waals surface area contributed by atoms with Crippen molar-refractivity contribution in [3.8, 4) is 11.5 Å². The SMILES string of the molecule is COc1cc(OC)cc(C(=O)OCC(=O)N2c3ccccc3CCC2C)c1. The summed E-state index contributed by atoms with van der Waals surface area (Å²) >= 11 is 0. The maximum Gasteiger partial charge on any atom is 0.338 e. The van der Waals surface area contributed by atoms with Crippen molar-refractivity contribution < 1.29 is 23.8 Å². The Kier molecular flexibility index (Phi) is 5.64. The van der Waals surface area contributed by atoms with Crippen molar-refractivity contribution in [3.05, 3.63) is 53.6 Å². The molecule has 0 fully saturated rings. The predicted molar refractivity (Wildman–Crippen MR) is 102 cm³/mol. The average molecular weight is 369 g/mol. The molecule has 0 saturated heterocycles. The number of benzene rings is 2. The molecule has 27 heavy (non-hydrogen) atoms. The molecule has 3 rings (SSSR count). The predicted octanol–water partition coefficient (Wildman–Crippen LogP) is 3.23. The van der Waals surface area contributed by atoms with Gasteiger partial charge in [-0.15, -0.1) is 0 Å². The van der Waals surface area contributed by atoms with Crippen molar-refractivity contribution in [2.24, 2.45) is 0 Å². The standard InChI is InChI=1S/C21H23NO5/c1-14-8-9-15-6-4-5-7-19(15)22(14)20(23)13-27-21(24)16-10-17(25-2)12-18(11-16)26-3/h4-7,10-12,14H,8-9,13H2,1-3H3. The Balaban J connectivity index is 1.72. The number of carbonyl (C=O) groups is 2. The van der Waals surface area contributed by atoms with E-state index in [1.54, 1.807) is 23.1 Å². The molecule has 0 radical (unpaired) electrons. The van der Waals surface area contributed by atoms with E-state index in [0.717, 1.165) is 24.1 Å². The van der Waals surface area contributed by atoms with Crippen LogP contribution in [0.4, 0.5) is 5.69 Å². The lowest BCUT2D eigenvalue weighted by Gasteiger charge is -2.35. The smallest absolute Gasteiger partial charge is 0.338 e. The van der Waals surface area contributed by atoms with Crippen LogP contribution in [-0.4, -0.2) is 38.7 Å². The summed E-state index contributed by atoms with van der Waals surface area (Å²) < 4.78 is 15.6. The van der Waals surface area contributed by atoms with Crippen LogP contribution in [0.5, 0.6) is 11.5 Å². The lowest BCUT2D eigenvalue weighted by molar-refractivity contribution is -0.122. The summed E-state index contributed by atoms with van der Waals surface area (Å²) in [4.78, 5) is 26.9. The highest BCUT2D eigenvalue weighted by atomic mass is 16.5. The van der Waals surface area contributed by atoms with E-state index in [0.29, 0.717) is 11.5 Å². The lowest BCUT2D eigenvalue weighted by Crippen LogP contribution is -2.44. The monoisotopic (exact) mass is 369 g/mol. The molecule has 0 aliphatic carbocycles. The van der Waals surface area contributed by atoms with Gasteiger partial charge in [-0.3, -0.25) is 4.79 Å².